The number of nitrogens with zero attached hydrogens (tertiary/aromatic N) is 2. The van der Waals surface area contributed by atoms with Gasteiger partial charge in [-0.05, 0) is 0 Å². The van der Waals surface area contributed by atoms with Gasteiger partial charge in [0.25, 0.3) is 0 Å². The van der Waals surface area contributed by atoms with Gasteiger partial charge in [0.15, 0.2) is 0 Å². The van der Waals surface area contributed by atoms with Gasteiger partial charge in [-0.15, -0.1) is 0 Å². The molecule has 10 heteroatoms. The van der Waals surface area contributed by atoms with Gasteiger partial charge >= 0.3 is 48.9 Å². The molecule has 0 atom stereocenters. The zero-order chi connectivity index (χ0) is 7.15. The van der Waals surface area contributed by atoms with E-state index in [1.165, 1.54) is 0 Å². The molecule has 0 aliphatic carbocycles. The van der Waals surface area contributed by atoms with Crippen molar-refractivity contribution in [3.8, 4) is 0 Å². The van der Waals surface area contributed by atoms with Gasteiger partial charge in [0.05, 0.1) is 10.2 Å². The van der Waals surface area contributed by atoms with E-state index >= 15 is 0 Å². The molecule has 0 aromatic carbocycles. The summed E-state index contributed by atoms with van der Waals surface area (Å²) in [4.78, 5) is 16.5. The first-order valence-electron chi connectivity index (χ1n) is 1.10. The van der Waals surface area contributed by atoms with Gasteiger partial charge in [-0.2, -0.15) is 0 Å². The molecule has 0 fully saturated rings. The van der Waals surface area contributed by atoms with E-state index in [1.54, 1.807) is 0 Å². The predicted octanol–water partition coefficient (Wildman–Crippen LogP) is -0.707. The summed E-state index contributed by atoms with van der Waals surface area (Å²) in [5.74, 6) is 0. The van der Waals surface area contributed by atoms with Crippen LogP contribution in [0.2, 0.25) is 0 Å². The van der Waals surface area contributed by atoms with Crippen LogP contribution in [0.3, 0.4) is 0 Å². The fraction of sp³-hybridized carbons (Fsp3) is 0. The SMILES string of the molecule is F.O=[N+]([O-])[O-].O=[N+]([O-])[O-].[Ba+2]. The maximum Gasteiger partial charge on any atom is 2.00 e. The van der Waals surface area contributed by atoms with Crippen molar-refractivity contribution in [1.29, 1.82) is 0 Å². The maximum atomic E-state index is 8.25. The van der Waals surface area contributed by atoms with Crippen molar-refractivity contribution in [3.63, 3.8) is 0 Å². The first-order chi connectivity index (χ1) is 3.46. The van der Waals surface area contributed by atoms with Crippen LogP contribution in [0, 0.1) is 30.6 Å². The van der Waals surface area contributed by atoms with E-state index in [9.17, 15) is 0 Å². The topological polar surface area (TPSA) is 132 Å². The van der Waals surface area contributed by atoms with Crippen LogP contribution in [0.5, 0.6) is 0 Å². The van der Waals surface area contributed by atoms with Crippen LogP contribution in [0.25, 0.3) is 0 Å². The average Bonchev–Trinajstić information content (AvgIpc) is 1.25. The monoisotopic (exact) mass is 282 g/mol. The largest absolute Gasteiger partial charge is 2.00 e. The number of halogens is 1. The molecule has 0 unspecified atom stereocenters. The second-order valence-electron chi connectivity index (χ2n) is 0.447. The number of hydrogen-bond acceptors (Lipinski definition) is 6. The molecule has 0 aromatic heterocycles. The summed E-state index contributed by atoms with van der Waals surface area (Å²) < 4.78 is 0. The molecule has 0 saturated heterocycles. The van der Waals surface area contributed by atoms with Crippen LogP contribution < -0.4 is 0 Å². The average molecular weight is 281 g/mol. The Labute approximate surface area is 93.5 Å². The molecule has 0 saturated carbocycles. The summed E-state index contributed by atoms with van der Waals surface area (Å²) in [6.45, 7) is 0. The minimum atomic E-state index is -1.75. The molecule has 56 valence electrons. The molecule has 0 heterocycles. The molecule has 0 N–H and O–H groups in total. The molecule has 0 bridgehead atoms. The van der Waals surface area contributed by atoms with Gasteiger partial charge in [-0.25, -0.2) is 0 Å². The maximum absolute atomic E-state index is 8.25. The van der Waals surface area contributed by atoms with E-state index in [-0.39, 0.29) is 53.6 Å². The van der Waals surface area contributed by atoms with Gasteiger partial charge in [0.1, 0.15) is 0 Å². The molecule has 10 heavy (non-hydrogen) atoms. The molecule has 0 aliphatic heterocycles. The Kier molecular flexibility index (Phi) is 35.9. The molecular formula is HBaFN2O6. The Morgan fingerprint density at radius 1 is 0.800 bits per heavy atom. The van der Waals surface area contributed by atoms with Crippen LogP contribution in [-0.4, -0.2) is 59.1 Å². The molecule has 0 aromatic rings. The Balaban J connectivity index is -0.0000000300. The molecule has 0 spiro atoms. The predicted molar refractivity (Wildman–Crippen MR) is 29.0 cm³/mol. The second-order valence-corrected chi connectivity index (χ2v) is 0.447. The van der Waals surface area contributed by atoms with Crippen LogP contribution in [0.1, 0.15) is 0 Å². The second kappa shape index (κ2) is 16.0. The van der Waals surface area contributed by atoms with Crippen molar-refractivity contribution in [2.24, 2.45) is 0 Å². The summed E-state index contributed by atoms with van der Waals surface area (Å²) in [5, 5.41) is 29.5. The zero-order valence-electron chi connectivity index (χ0n) is 4.46. The van der Waals surface area contributed by atoms with Gasteiger partial charge in [0, 0.05) is 0 Å². The quantitative estimate of drug-likeness (QED) is 0.327. The van der Waals surface area contributed by atoms with Crippen molar-refractivity contribution in [1.82, 2.24) is 0 Å². The summed E-state index contributed by atoms with van der Waals surface area (Å²) in [5.41, 5.74) is 0. The normalized spacial score (nSPS) is 4.80. The van der Waals surface area contributed by atoms with E-state index in [4.69, 9.17) is 30.6 Å². The summed E-state index contributed by atoms with van der Waals surface area (Å²) >= 11 is 0. The Hall–Kier alpha value is -0.0986. The van der Waals surface area contributed by atoms with Crippen LogP contribution in [0.15, 0.2) is 0 Å². The Bertz CT molecular complexity index is 73.7. The zero-order valence-corrected chi connectivity index (χ0v) is 8.90. The van der Waals surface area contributed by atoms with Gasteiger partial charge in [-0.1, -0.05) is 0 Å². The summed E-state index contributed by atoms with van der Waals surface area (Å²) in [6.07, 6.45) is 0. The smallest absolute Gasteiger partial charge is 0.356 e. The first kappa shape index (κ1) is 22.5. The Morgan fingerprint density at radius 2 is 0.800 bits per heavy atom. The fourth-order valence-electron chi connectivity index (χ4n) is 0. The summed E-state index contributed by atoms with van der Waals surface area (Å²) in [7, 11) is 0. The van der Waals surface area contributed by atoms with Crippen LogP contribution in [0.4, 0.5) is 4.70 Å². The number of hydrogen-bond donors (Lipinski definition) is 0. The van der Waals surface area contributed by atoms with E-state index in [0.29, 0.717) is 0 Å². The van der Waals surface area contributed by atoms with Crippen LogP contribution >= 0.6 is 0 Å². The first-order valence-corrected chi connectivity index (χ1v) is 1.10. The van der Waals surface area contributed by atoms with E-state index in [2.05, 4.69) is 0 Å². The van der Waals surface area contributed by atoms with E-state index < -0.39 is 10.2 Å². The van der Waals surface area contributed by atoms with Crippen LogP contribution in [-0.2, 0) is 0 Å². The van der Waals surface area contributed by atoms with Gasteiger partial charge < -0.3 is 30.6 Å². The summed E-state index contributed by atoms with van der Waals surface area (Å²) in [6, 6.07) is 0. The minimum absolute atomic E-state index is 0. The van der Waals surface area contributed by atoms with E-state index in [0.717, 1.165) is 0 Å². The van der Waals surface area contributed by atoms with Crippen molar-refractivity contribution >= 4 is 48.9 Å². The van der Waals surface area contributed by atoms with Crippen molar-refractivity contribution in [2.75, 3.05) is 0 Å². The molecule has 0 radical (unpaired) electrons. The Morgan fingerprint density at radius 3 is 0.800 bits per heavy atom. The molecule has 0 aliphatic rings. The third-order valence-corrected chi connectivity index (χ3v) is 0. The molecular weight excluding hydrogens is 280 g/mol. The molecule has 0 amide bonds. The minimum Gasteiger partial charge on any atom is -0.356 e. The third-order valence-electron chi connectivity index (χ3n) is 0. The fourth-order valence-corrected chi connectivity index (χ4v) is 0. The van der Waals surface area contributed by atoms with E-state index in [1.807, 2.05) is 0 Å². The van der Waals surface area contributed by atoms with Crippen molar-refractivity contribution in [2.45, 2.75) is 0 Å². The standard InChI is InChI=1S/Ba.FH.2NO3/c;;2*2-1(3)4/h;1H;;/q+2;;2*-1. The van der Waals surface area contributed by atoms with Gasteiger partial charge in [-0.3, -0.25) is 4.70 Å². The third kappa shape index (κ3) is 38700. The van der Waals surface area contributed by atoms with Gasteiger partial charge in [0.2, 0.25) is 0 Å². The molecule has 0 rings (SSSR count). The number of rotatable bonds is 0. The van der Waals surface area contributed by atoms with Crippen molar-refractivity contribution < 1.29 is 14.9 Å². The van der Waals surface area contributed by atoms with Crippen molar-refractivity contribution in [3.05, 3.63) is 30.6 Å². The molecule has 8 nitrogen and oxygen atoms in total.